The van der Waals surface area contributed by atoms with Gasteiger partial charge in [0.2, 0.25) is 0 Å². The number of aryl methyl sites for hydroxylation is 1. The van der Waals surface area contributed by atoms with Crippen LogP contribution in [0.4, 0.5) is 0 Å². The molecule has 2 N–H and O–H groups in total. The molecule has 1 aliphatic rings. The van der Waals surface area contributed by atoms with Gasteiger partial charge in [-0.2, -0.15) is 0 Å². The van der Waals surface area contributed by atoms with E-state index in [0.717, 1.165) is 26.1 Å². The molecule has 0 spiro atoms. The van der Waals surface area contributed by atoms with Gasteiger partial charge in [0.1, 0.15) is 5.69 Å². The number of nitrogens with one attached hydrogen (secondary N) is 1. The van der Waals surface area contributed by atoms with E-state index >= 15 is 0 Å². The summed E-state index contributed by atoms with van der Waals surface area (Å²) in [6, 6.07) is 14.0. The molecule has 24 heavy (non-hydrogen) atoms. The summed E-state index contributed by atoms with van der Waals surface area (Å²) in [7, 11) is 1.86. The van der Waals surface area contributed by atoms with Crippen LogP contribution in [-0.2, 0) is 13.6 Å². The second kappa shape index (κ2) is 7.64. The molecule has 2 unspecified atom stereocenters. The molecule has 1 aromatic heterocycles. The molecule has 1 aliphatic heterocycles. The van der Waals surface area contributed by atoms with Crippen molar-refractivity contribution in [2.24, 2.45) is 13.0 Å². The Balaban J connectivity index is 1.65. The molecule has 1 fully saturated rings. The Hall–Kier alpha value is -2.11. The van der Waals surface area contributed by atoms with Crippen LogP contribution in [0.3, 0.4) is 0 Å². The van der Waals surface area contributed by atoms with E-state index in [9.17, 15) is 9.90 Å². The third-order valence-electron chi connectivity index (χ3n) is 4.82. The van der Waals surface area contributed by atoms with Crippen LogP contribution in [0.15, 0.2) is 48.7 Å². The zero-order valence-corrected chi connectivity index (χ0v) is 14.1. The summed E-state index contributed by atoms with van der Waals surface area (Å²) in [6.07, 6.45) is 2.75. The lowest BCUT2D eigenvalue weighted by Crippen LogP contribution is -2.53. The molecule has 0 saturated carbocycles. The fourth-order valence-corrected chi connectivity index (χ4v) is 3.37. The minimum atomic E-state index is -0.0764. The van der Waals surface area contributed by atoms with Gasteiger partial charge in [-0.3, -0.25) is 9.69 Å². The highest BCUT2D eigenvalue weighted by Crippen LogP contribution is 2.20. The summed E-state index contributed by atoms with van der Waals surface area (Å²) in [5.74, 6) is 0.0359. The molecule has 2 aromatic rings. The third-order valence-corrected chi connectivity index (χ3v) is 4.82. The van der Waals surface area contributed by atoms with Gasteiger partial charge in [-0.1, -0.05) is 30.3 Å². The van der Waals surface area contributed by atoms with Gasteiger partial charge in [0.25, 0.3) is 5.91 Å². The smallest absolute Gasteiger partial charge is 0.268 e. The molecule has 2 atom stereocenters. The summed E-state index contributed by atoms with van der Waals surface area (Å²) in [5, 5.41) is 12.8. The summed E-state index contributed by atoms with van der Waals surface area (Å²) < 4.78 is 1.81. The van der Waals surface area contributed by atoms with Crippen molar-refractivity contribution in [3.05, 3.63) is 59.9 Å². The van der Waals surface area contributed by atoms with Crippen LogP contribution < -0.4 is 5.32 Å². The number of piperidine rings is 1. The first kappa shape index (κ1) is 16.7. The number of rotatable bonds is 5. The van der Waals surface area contributed by atoms with Gasteiger partial charge in [0.15, 0.2) is 0 Å². The van der Waals surface area contributed by atoms with E-state index in [-0.39, 0.29) is 24.5 Å². The van der Waals surface area contributed by atoms with Gasteiger partial charge >= 0.3 is 0 Å². The second-order valence-corrected chi connectivity index (χ2v) is 6.54. The molecule has 2 heterocycles. The number of carbonyl (C=O) groups excluding carboxylic acids is 1. The average molecular weight is 327 g/mol. The molecule has 5 nitrogen and oxygen atoms in total. The number of aliphatic hydroxyl groups excluding tert-OH is 1. The molecule has 1 saturated heterocycles. The van der Waals surface area contributed by atoms with Crippen LogP contribution in [0, 0.1) is 5.92 Å². The molecule has 1 amide bonds. The number of likely N-dealkylation sites (tertiary alicyclic amines) is 1. The number of carbonyl (C=O) groups is 1. The van der Waals surface area contributed by atoms with Gasteiger partial charge in [-0.05, 0) is 30.7 Å². The topological polar surface area (TPSA) is 57.5 Å². The fraction of sp³-hybridized carbons (Fsp3) is 0.421. The Morgan fingerprint density at radius 2 is 2.04 bits per heavy atom. The molecule has 128 valence electrons. The van der Waals surface area contributed by atoms with E-state index in [4.69, 9.17) is 0 Å². The van der Waals surface area contributed by atoms with Gasteiger partial charge in [-0.25, -0.2) is 0 Å². The molecule has 0 radical (unpaired) electrons. The highest BCUT2D eigenvalue weighted by atomic mass is 16.3. The summed E-state index contributed by atoms with van der Waals surface area (Å²) >= 11 is 0. The fourth-order valence-electron chi connectivity index (χ4n) is 3.37. The number of aromatic nitrogens is 1. The largest absolute Gasteiger partial charge is 0.396 e. The van der Waals surface area contributed by atoms with Crippen molar-refractivity contribution in [2.75, 3.05) is 19.7 Å². The summed E-state index contributed by atoms with van der Waals surface area (Å²) in [6.45, 7) is 2.68. The second-order valence-electron chi connectivity index (χ2n) is 6.54. The Morgan fingerprint density at radius 1 is 1.25 bits per heavy atom. The first-order valence-electron chi connectivity index (χ1n) is 8.46. The van der Waals surface area contributed by atoms with E-state index in [1.54, 1.807) is 0 Å². The molecule has 5 heteroatoms. The summed E-state index contributed by atoms with van der Waals surface area (Å²) in [4.78, 5) is 14.8. The maximum Gasteiger partial charge on any atom is 0.268 e. The standard InChI is InChI=1S/C19H25N3O2/c1-21-10-5-8-18(21)19(24)20-17-13-22(11-9-16(17)14-23)12-15-6-3-2-4-7-15/h2-8,10,16-17,23H,9,11-14H2,1H3,(H,20,24). The quantitative estimate of drug-likeness (QED) is 0.878. The minimum Gasteiger partial charge on any atom is -0.396 e. The van der Waals surface area contributed by atoms with Gasteiger partial charge < -0.3 is 15.0 Å². The van der Waals surface area contributed by atoms with Crippen molar-refractivity contribution >= 4 is 5.91 Å². The molecule has 0 aliphatic carbocycles. The van der Waals surface area contributed by atoms with Crippen molar-refractivity contribution in [3.8, 4) is 0 Å². The van der Waals surface area contributed by atoms with Crippen molar-refractivity contribution in [1.82, 2.24) is 14.8 Å². The molecular weight excluding hydrogens is 302 g/mol. The number of aliphatic hydroxyl groups is 1. The monoisotopic (exact) mass is 327 g/mol. The van der Waals surface area contributed by atoms with Crippen LogP contribution in [0.2, 0.25) is 0 Å². The SMILES string of the molecule is Cn1cccc1C(=O)NC1CN(Cc2ccccc2)CCC1CO. The molecule has 0 bridgehead atoms. The van der Waals surface area contributed by atoms with E-state index in [2.05, 4.69) is 22.3 Å². The molecule has 3 rings (SSSR count). The lowest BCUT2D eigenvalue weighted by atomic mass is 9.91. The Bertz CT molecular complexity index is 668. The molecular formula is C19H25N3O2. The minimum absolute atomic E-state index is 0.0325. The number of hydrogen-bond acceptors (Lipinski definition) is 3. The molecule has 1 aromatic carbocycles. The number of hydrogen-bond donors (Lipinski definition) is 2. The van der Waals surface area contributed by atoms with Gasteiger partial charge in [0.05, 0.1) is 0 Å². The van der Waals surface area contributed by atoms with E-state index in [0.29, 0.717) is 5.69 Å². The highest BCUT2D eigenvalue weighted by molar-refractivity contribution is 5.92. The van der Waals surface area contributed by atoms with Crippen molar-refractivity contribution in [1.29, 1.82) is 0 Å². The van der Waals surface area contributed by atoms with Crippen molar-refractivity contribution in [3.63, 3.8) is 0 Å². The Labute approximate surface area is 142 Å². The van der Waals surface area contributed by atoms with Gasteiger partial charge in [-0.15, -0.1) is 0 Å². The average Bonchev–Trinajstić information content (AvgIpc) is 3.02. The van der Waals surface area contributed by atoms with E-state index in [1.807, 2.05) is 48.1 Å². The van der Waals surface area contributed by atoms with Crippen LogP contribution in [-0.4, -0.2) is 46.2 Å². The maximum absolute atomic E-state index is 12.5. The third kappa shape index (κ3) is 3.86. The highest BCUT2D eigenvalue weighted by Gasteiger charge is 2.30. The Morgan fingerprint density at radius 3 is 2.71 bits per heavy atom. The zero-order valence-electron chi connectivity index (χ0n) is 14.1. The Kier molecular flexibility index (Phi) is 5.33. The first-order chi connectivity index (χ1) is 11.7. The van der Waals surface area contributed by atoms with Crippen molar-refractivity contribution < 1.29 is 9.90 Å². The maximum atomic E-state index is 12.5. The van der Waals surface area contributed by atoms with Crippen LogP contribution in [0.5, 0.6) is 0 Å². The van der Waals surface area contributed by atoms with Crippen molar-refractivity contribution in [2.45, 2.75) is 19.0 Å². The van der Waals surface area contributed by atoms with E-state index < -0.39 is 0 Å². The lowest BCUT2D eigenvalue weighted by Gasteiger charge is -2.38. The first-order valence-corrected chi connectivity index (χ1v) is 8.46. The van der Waals surface area contributed by atoms with Crippen LogP contribution >= 0.6 is 0 Å². The van der Waals surface area contributed by atoms with E-state index in [1.165, 1.54) is 5.56 Å². The van der Waals surface area contributed by atoms with Gasteiger partial charge in [0, 0.05) is 44.9 Å². The number of benzene rings is 1. The van der Waals surface area contributed by atoms with Crippen LogP contribution in [0.25, 0.3) is 0 Å². The lowest BCUT2D eigenvalue weighted by molar-refractivity contribution is 0.0725. The predicted molar refractivity (Wildman–Crippen MR) is 93.6 cm³/mol. The normalized spacial score (nSPS) is 21.6. The van der Waals surface area contributed by atoms with Crippen LogP contribution in [0.1, 0.15) is 22.5 Å². The summed E-state index contributed by atoms with van der Waals surface area (Å²) in [5.41, 5.74) is 1.92. The zero-order chi connectivity index (χ0) is 16.9. The number of nitrogens with zero attached hydrogens (tertiary/aromatic N) is 2. The number of amides is 1. The predicted octanol–water partition coefficient (Wildman–Crippen LogP) is 1.64.